The zero-order valence-corrected chi connectivity index (χ0v) is 15.9. The molecule has 3 aromatic carbocycles. The van der Waals surface area contributed by atoms with Crippen LogP contribution in [0.4, 0.5) is 0 Å². The van der Waals surface area contributed by atoms with Crippen LogP contribution < -0.4 is 18.9 Å². The summed E-state index contributed by atoms with van der Waals surface area (Å²) in [5.74, 6) is 2.71. The van der Waals surface area contributed by atoms with E-state index < -0.39 is 0 Å². The first-order valence-electron chi connectivity index (χ1n) is 8.82. The summed E-state index contributed by atoms with van der Waals surface area (Å²) in [5.41, 5.74) is 2.44. The Morgan fingerprint density at radius 2 is 1.18 bits per heavy atom. The van der Waals surface area contributed by atoms with E-state index in [1.807, 2.05) is 48.5 Å². The Hall–Kier alpha value is -3.47. The highest BCUT2D eigenvalue weighted by Crippen LogP contribution is 2.25. The van der Waals surface area contributed by atoms with Gasteiger partial charge in [-0.1, -0.05) is 24.3 Å². The molecule has 0 radical (unpaired) electrons. The van der Waals surface area contributed by atoms with Gasteiger partial charge in [-0.15, -0.1) is 0 Å². The van der Waals surface area contributed by atoms with Crippen molar-refractivity contribution in [1.82, 2.24) is 0 Å². The minimum atomic E-state index is 0.358. The largest absolute Gasteiger partial charge is 0.497 e. The molecule has 0 fully saturated rings. The number of hydrogen-bond acceptors (Lipinski definition) is 5. The van der Waals surface area contributed by atoms with E-state index in [4.69, 9.17) is 18.9 Å². The number of aldehydes is 1. The van der Waals surface area contributed by atoms with E-state index in [9.17, 15) is 4.79 Å². The molecule has 0 aliphatic rings. The fraction of sp³-hybridized carbons (Fsp3) is 0.174. The van der Waals surface area contributed by atoms with Gasteiger partial charge in [0.05, 0.1) is 19.8 Å². The Balaban J connectivity index is 1.61. The summed E-state index contributed by atoms with van der Waals surface area (Å²) in [6, 6.07) is 20.4. The lowest BCUT2D eigenvalue weighted by Gasteiger charge is -2.12. The molecule has 3 aromatic rings. The second-order valence-corrected chi connectivity index (χ2v) is 6.09. The predicted octanol–water partition coefficient (Wildman–Crippen LogP) is 4.67. The lowest BCUT2D eigenvalue weighted by Crippen LogP contribution is -2.00. The van der Waals surface area contributed by atoms with Crippen LogP contribution in [0.2, 0.25) is 0 Å². The Labute approximate surface area is 164 Å². The molecular weight excluding hydrogens is 356 g/mol. The van der Waals surface area contributed by atoms with Crippen molar-refractivity contribution in [2.75, 3.05) is 14.2 Å². The van der Waals surface area contributed by atoms with Crippen molar-refractivity contribution in [3.63, 3.8) is 0 Å². The van der Waals surface area contributed by atoms with E-state index >= 15 is 0 Å². The summed E-state index contributed by atoms with van der Waals surface area (Å²) in [5, 5.41) is 0. The Bertz CT molecular complexity index is 901. The van der Waals surface area contributed by atoms with Crippen LogP contribution in [-0.2, 0) is 13.2 Å². The molecule has 28 heavy (non-hydrogen) atoms. The summed E-state index contributed by atoms with van der Waals surface area (Å²) >= 11 is 0. The van der Waals surface area contributed by atoms with E-state index in [2.05, 4.69) is 0 Å². The average Bonchev–Trinajstić information content (AvgIpc) is 2.77. The third-order valence-corrected chi connectivity index (χ3v) is 4.23. The minimum absolute atomic E-state index is 0.358. The van der Waals surface area contributed by atoms with Gasteiger partial charge in [-0.25, -0.2) is 0 Å². The first-order chi connectivity index (χ1) is 13.7. The minimum Gasteiger partial charge on any atom is -0.497 e. The highest BCUT2D eigenvalue weighted by molar-refractivity contribution is 5.80. The standard InChI is InChI=1S/C23H22O5/c1-25-20-7-3-17(4-8-20)15-27-22-11-12-23(19(13-22)14-24)28-16-18-5-9-21(26-2)10-6-18/h3-14H,15-16H2,1-2H3. The molecule has 0 aliphatic carbocycles. The fourth-order valence-electron chi connectivity index (χ4n) is 2.61. The summed E-state index contributed by atoms with van der Waals surface area (Å²) in [7, 11) is 3.25. The number of rotatable bonds is 9. The third-order valence-electron chi connectivity index (χ3n) is 4.23. The monoisotopic (exact) mass is 378 g/mol. The molecule has 0 spiro atoms. The number of ether oxygens (including phenoxy) is 4. The second kappa shape index (κ2) is 9.46. The maximum absolute atomic E-state index is 11.5. The van der Waals surface area contributed by atoms with Gasteiger partial charge in [0.25, 0.3) is 0 Å². The van der Waals surface area contributed by atoms with Gasteiger partial charge < -0.3 is 18.9 Å². The van der Waals surface area contributed by atoms with Crippen LogP contribution in [0.3, 0.4) is 0 Å². The molecular formula is C23H22O5. The Kier molecular flexibility index (Phi) is 6.52. The van der Waals surface area contributed by atoms with Crippen molar-refractivity contribution in [2.24, 2.45) is 0 Å². The van der Waals surface area contributed by atoms with Crippen LogP contribution in [0.1, 0.15) is 21.5 Å². The van der Waals surface area contributed by atoms with E-state index in [1.165, 1.54) is 0 Å². The van der Waals surface area contributed by atoms with Gasteiger partial charge in [0.15, 0.2) is 6.29 Å². The lowest BCUT2D eigenvalue weighted by molar-refractivity contribution is 0.111. The van der Waals surface area contributed by atoms with E-state index in [1.54, 1.807) is 32.4 Å². The van der Waals surface area contributed by atoms with Crippen molar-refractivity contribution in [3.8, 4) is 23.0 Å². The van der Waals surface area contributed by atoms with Gasteiger partial charge in [-0.05, 0) is 53.6 Å². The first kappa shape index (κ1) is 19.3. The van der Waals surface area contributed by atoms with E-state index in [-0.39, 0.29) is 0 Å². The number of carbonyl (C=O) groups excluding carboxylic acids is 1. The summed E-state index contributed by atoms with van der Waals surface area (Å²) < 4.78 is 21.9. The number of carbonyl (C=O) groups is 1. The molecule has 0 amide bonds. The third kappa shape index (κ3) is 5.04. The molecule has 0 atom stereocenters. The van der Waals surface area contributed by atoms with Gasteiger partial charge in [-0.2, -0.15) is 0 Å². The molecule has 3 rings (SSSR count). The van der Waals surface area contributed by atoms with Crippen LogP contribution in [0, 0.1) is 0 Å². The van der Waals surface area contributed by atoms with Gasteiger partial charge >= 0.3 is 0 Å². The number of methoxy groups -OCH3 is 2. The van der Waals surface area contributed by atoms with E-state index in [0.29, 0.717) is 30.3 Å². The van der Waals surface area contributed by atoms with Crippen LogP contribution in [0.25, 0.3) is 0 Å². The molecule has 0 N–H and O–H groups in total. The molecule has 0 saturated carbocycles. The van der Waals surface area contributed by atoms with Crippen molar-refractivity contribution >= 4 is 6.29 Å². The van der Waals surface area contributed by atoms with Gasteiger partial charge in [-0.3, -0.25) is 4.79 Å². The quantitative estimate of drug-likeness (QED) is 0.506. The van der Waals surface area contributed by atoms with Crippen molar-refractivity contribution in [2.45, 2.75) is 13.2 Å². The smallest absolute Gasteiger partial charge is 0.153 e. The molecule has 0 unspecified atom stereocenters. The highest BCUT2D eigenvalue weighted by atomic mass is 16.5. The number of hydrogen-bond donors (Lipinski definition) is 0. The SMILES string of the molecule is COc1ccc(COc2ccc(OCc3ccc(OC)cc3)c(C=O)c2)cc1. The second-order valence-electron chi connectivity index (χ2n) is 6.09. The zero-order valence-electron chi connectivity index (χ0n) is 15.9. The summed E-state index contributed by atoms with van der Waals surface area (Å²) in [6.07, 6.45) is 0.767. The first-order valence-corrected chi connectivity index (χ1v) is 8.82. The van der Waals surface area contributed by atoms with Crippen LogP contribution in [0.15, 0.2) is 66.7 Å². The Morgan fingerprint density at radius 3 is 1.68 bits per heavy atom. The van der Waals surface area contributed by atoms with Gasteiger partial charge in [0.1, 0.15) is 36.2 Å². The molecule has 0 aliphatic heterocycles. The zero-order chi connectivity index (χ0) is 19.8. The summed E-state index contributed by atoms with van der Waals surface area (Å²) in [4.78, 5) is 11.5. The molecule has 5 heteroatoms. The fourth-order valence-corrected chi connectivity index (χ4v) is 2.61. The predicted molar refractivity (Wildman–Crippen MR) is 106 cm³/mol. The van der Waals surface area contributed by atoms with Gasteiger partial charge in [0, 0.05) is 0 Å². The highest BCUT2D eigenvalue weighted by Gasteiger charge is 2.07. The van der Waals surface area contributed by atoms with Crippen LogP contribution in [-0.4, -0.2) is 20.5 Å². The lowest BCUT2D eigenvalue weighted by atomic mass is 10.2. The van der Waals surface area contributed by atoms with Crippen LogP contribution >= 0.6 is 0 Å². The molecule has 0 bridgehead atoms. The maximum Gasteiger partial charge on any atom is 0.153 e. The van der Waals surface area contributed by atoms with Crippen LogP contribution in [0.5, 0.6) is 23.0 Å². The molecule has 144 valence electrons. The molecule has 5 nitrogen and oxygen atoms in total. The van der Waals surface area contributed by atoms with Crippen molar-refractivity contribution < 1.29 is 23.7 Å². The molecule has 0 heterocycles. The number of benzene rings is 3. The van der Waals surface area contributed by atoms with Crippen molar-refractivity contribution in [1.29, 1.82) is 0 Å². The van der Waals surface area contributed by atoms with Crippen molar-refractivity contribution in [3.05, 3.63) is 83.4 Å². The maximum atomic E-state index is 11.5. The Morgan fingerprint density at radius 1 is 0.679 bits per heavy atom. The van der Waals surface area contributed by atoms with E-state index in [0.717, 1.165) is 28.9 Å². The topological polar surface area (TPSA) is 54.0 Å². The molecule has 0 saturated heterocycles. The average molecular weight is 378 g/mol. The molecule has 0 aromatic heterocycles. The summed E-state index contributed by atoms with van der Waals surface area (Å²) in [6.45, 7) is 0.755. The van der Waals surface area contributed by atoms with Gasteiger partial charge in [0.2, 0.25) is 0 Å². The normalized spacial score (nSPS) is 10.2.